The van der Waals surface area contributed by atoms with Gasteiger partial charge < -0.3 is 9.88 Å². The Hall–Kier alpha value is -2.95. The molecule has 0 aliphatic rings. The molecule has 25 heavy (non-hydrogen) atoms. The summed E-state index contributed by atoms with van der Waals surface area (Å²) in [5, 5.41) is 3.16. The first-order valence-corrected chi connectivity index (χ1v) is 8.43. The molecule has 1 unspecified atom stereocenters. The lowest BCUT2D eigenvalue weighted by atomic mass is 10.0. The summed E-state index contributed by atoms with van der Waals surface area (Å²) in [7, 11) is 0. The zero-order valence-corrected chi connectivity index (χ0v) is 14.3. The minimum absolute atomic E-state index is 0.00389. The van der Waals surface area contributed by atoms with E-state index in [1.54, 1.807) is 18.6 Å². The summed E-state index contributed by atoms with van der Waals surface area (Å²) in [6.07, 6.45) is 8.34. The van der Waals surface area contributed by atoms with E-state index in [1.165, 1.54) is 0 Å². The van der Waals surface area contributed by atoms with Gasteiger partial charge in [-0.3, -0.25) is 9.78 Å². The molecule has 0 spiro atoms. The highest BCUT2D eigenvalue weighted by Crippen LogP contribution is 2.18. The topological polar surface area (TPSA) is 59.8 Å². The van der Waals surface area contributed by atoms with E-state index in [9.17, 15) is 4.79 Å². The van der Waals surface area contributed by atoms with Crippen LogP contribution in [0.3, 0.4) is 0 Å². The second-order valence-electron chi connectivity index (χ2n) is 6.03. The van der Waals surface area contributed by atoms with Gasteiger partial charge in [0.05, 0.1) is 12.5 Å². The highest BCUT2D eigenvalue weighted by molar-refractivity contribution is 5.78. The number of nitrogens with zero attached hydrogens (tertiary/aromatic N) is 3. The number of rotatable bonds is 7. The molecule has 5 nitrogen and oxygen atoms in total. The summed E-state index contributed by atoms with van der Waals surface area (Å²) in [5.41, 5.74) is 2.03. The van der Waals surface area contributed by atoms with Crippen LogP contribution in [0.2, 0.25) is 0 Å². The number of benzene rings is 1. The third kappa shape index (κ3) is 4.76. The quantitative estimate of drug-likeness (QED) is 0.722. The van der Waals surface area contributed by atoms with E-state index in [-0.39, 0.29) is 11.9 Å². The zero-order valence-electron chi connectivity index (χ0n) is 14.3. The van der Waals surface area contributed by atoms with Crippen molar-refractivity contribution in [3.63, 3.8) is 0 Å². The van der Waals surface area contributed by atoms with Crippen LogP contribution in [0.25, 0.3) is 0 Å². The lowest BCUT2D eigenvalue weighted by Crippen LogP contribution is -2.30. The van der Waals surface area contributed by atoms with E-state index in [1.807, 2.05) is 43.5 Å². The van der Waals surface area contributed by atoms with Crippen LogP contribution in [0.15, 0.2) is 67.3 Å². The van der Waals surface area contributed by atoms with Crippen molar-refractivity contribution in [1.82, 2.24) is 19.9 Å². The number of aryl methyl sites for hydroxylation is 2. The Bertz CT molecular complexity index is 799. The predicted octanol–water partition coefficient (Wildman–Crippen LogP) is 3.08. The molecule has 0 aliphatic heterocycles. The van der Waals surface area contributed by atoms with Crippen LogP contribution in [0, 0.1) is 6.92 Å². The summed E-state index contributed by atoms with van der Waals surface area (Å²) in [4.78, 5) is 20.8. The number of amides is 1. The van der Waals surface area contributed by atoms with Crippen molar-refractivity contribution < 1.29 is 4.79 Å². The number of nitrogens with one attached hydrogen (secondary N) is 1. The average Bonchev–Trinajstić information content (AvgIpc) is 3.05. The van der Waals surface area contributed by atoms with Gasteiger partial charge in [0.1, 0.15) is 5.82 Å². The molecule has 0 radical (unpaired) electrons. The molecule has 0 bridgehead atoms. The fourth-order valence-electron chi connectivity index (χ4n) is 2.85. The monoisotopic (exact) mass is 334 g/mol. The zero-order chi connectivity index (χ0) is 17.5. The molecule has 1 N–H and O–H groups in total. The van der Waals surface area contributed by atoms with Gasteiger partial charge in [-0.05, 0) is 30.5 Å². The Morgan fingerprint density at radius 1 is 1.16 bits per heavy atom. The van der Waals surface area contributed by atoms with Crippen LogP contribution >= 0.6 is 0 Å². The summed E-state index contributed by atoms with van der Waals surface area (Å²) in [6, 6.07) is 13.8. The van der Waals surface area contributed by atoms with Crippen LogP contribution in [-0.4, -0.2) is 20.4 Å². The molecule has 3 rings (SSSR count). The van der Waals surface area contributed by atoms with E-state index in [0.29, 0.717) is 6.42 Å². The van der Waals surface area contributed by atoms with Crippen LogP contribution in [-0.2, 0) is 17.8 Å². The molecular weight excluding hydrogens is 312 g/mol. The van der Waals surface area contributed by atoms with Gasteiger partial charge in [-0.2, -0.15) is 0 Å². The highest BCUT2D eigenvalue weighted by atomic mass is 16.1. The van der Waals surface area contributed by atoms with Crippen molar-refractivity contribution in [1.29, 1.82) is 0 Å². The van der Waals surface area contributed by atoms with Gasteiger partial charge in [0.2, 0.25) is 5.91 Å². The van der Waals surface area contributed by atoms with Crippen molar-refractivity contribution in [3.05, 3.63) is 84.2 Å². The molecule has 0 fully saturated rings. The number of aromatic nitrogens is 3. The highest BCUT2D eigenvalue weighted by Gasteiger charge is 2.15. The third-order valence-electron chi connectivity index (χ3n) is 4.21. The van der Waals surface area contributed by atoms with Crippen molar-refractivity contribution in [2.45, 2.75) is 32.4 Å². The van der Waals surface area contributed by atoms with Crippen molar-refractivity contribution in [3.8, 4) is 0 Å². The van der Waals surface area contributed by atoms with Gasteiger partial charge in [-0.1, -0.05) is 36.4 Å². The van der Waals surface area contributed by atoms with Crippen molar-refractivity contribution in [2.24, 2.45) is 0 Å². The first-order valence-electron chi connectivity index (χ1n) is 8.43. The molecule has 128 valence electrons. The first-order chi connectivity index (χ1) is 12.2. The summed E-state index contributed by atoms with van der Waals surface area (Å²) in [5.74, 6) is 0.984. The second-order valence-corrected chi connectivity index (χ2v) is 6.03. The summed E-state index contributed by atoms with van der Waals surface area (Å²) >= 11 is 0. The molecule has 2 aromatic heterocycles. The second kappa shape index (κ2) is 8.24. The van der Waals surface area contributed by atoms with E-state index in [2.05, 4.69) is 32.0 Å². The normalized spacial score (nSPS) is 11.9. The number of imidazole rings is 1. The molecular formula is C20H22N4O. The van der Waals surface area contributed by atoms with Gasteiger partial charge in [0.25, 0.3) is 0 Å². The van der Waals surface area contributed by atoms with Gasteiger partial charge >= 0.3 is 0 Å². The molecule has 1 aromatic carbocycles. The van der Waals surface area contributed by atoms with Crippen molar-refractivity contribution >= 4 is 5.91 Å². The van der Waals surface area contributed by atoms with Gasteiger partial charge in [-0.15, -0.1) is 0 Å². The predicted molar refractivity (Wildman–Crippen MR) is 96.8 cm³/mol. The van der Waals surface area contributed by atoms with Crippen LogP contribution < -0.4 is 5.32 Å². The maximum atomic E-state index is 12.5. The fraction of sp³-hybridized carbons (Fsp3) is 0.250. The lowest BCUT2D eigenvalue weighted by molar-refractivity contribution is -0.121. The molecule has 5 heteroatoms. The van der Waals surface area contributed by atoms with Crippen LogP contribution in [0.1, 0.15) is 29.4 Å². The van der Waals surface area contributed by atoms with Gasteiger partial charge in [0.15, 0.2) is 0 Å². The maximum Gasteiger partial charge on any atom is 0.224 e. The van der Waals surface area contributed by atoms with Crippen LogP contribution in [0.4, 0.5) is 0 Å². The minimum atomic E-state index is -0.0350. The van der Waals surface area contributed by atoms with E-state index in [0.717, 1.165) is 29.9 Å². The Balaban J connectivity index is 1.68. The minimum Gasteiger partial charge on any atom is -0.349 e. The van der Waals surface area contributed by atoms with Crippen LogP contribution in [0.5, 0.6) is 0 Å². The smallest absolute Gasteiger partial charge is 0.224 e. The Morgan fingerprint density at radius 3 is 2.68 bits per heavy atom. The standard InChI is InChI=1S/C20H22N4O/c1-16-22-11-13-24(16)12-9-19(18-7-3-2-4-8-18)23-20(25)14-17-6-5-10-21-15-17/h2-8,10-11,13,15,19H,9,12,14H2,1H3,(H,23,25). The number of pyridine rings is 1. The van der Waals surface area contributed by atoms with E-state index >= 15 is 0 Å². The third-order valence-corrected chi connectivity index (χ3v) is 4.21. The fourth-order valence-corrected chi connectivity index (χ4v) is 2.85. The molecule has 0 saturated carbocycles. The molecule has 2 heterocycles. The number of carbonyl (C=O) groups is 1. The SMILES string of the molecule is Cc1nccn1CCC(NC(=O)Cc1cccnc1)c1ccccc1. The van der Waals surface area contributed by atoms with Crippen molar-refractivity contribution in [2.75, 3.05) is 0 Å². The summed E-state index contributed by atoms with van der Waals surface area (Å²) < 4.78 is 2.10. The Kier molecular flexibility index (Phi) is 5.57. The summed E-state index contributed by atoms with van der Waals surface area (Å²) in [6.45, 7) is 2.79. The average molecular weight is 334 g/mol. The lowest BCUT2D eigenvalue weighted by Gasteiger charge is -2.20. The molecule has 3 aromatic rings. The Morgan fingerprint density at radius 2 is 2.00 bits per heavy atom. The number of hydrogen-bond acceptors (Lipinski definition) is 3. The van der Waals surface area contributed by atoms with Gasteiger partial charge in [-0.25, -0.2) is 4.98 Å². The van der Waals surface area contributed by atoms with Gasteiger partial charge in [0, 0.05) is 31.3 Å². The number of carbonyl (C=O) groups excluding carboxylic acids is 1. The van der Waals surface area contributed by atoms with E-state index < -0.39 is 0 Å². The number of hydrogen-bond donors (Lipinski definition) is 1. The molecule has 0 aliphatic carbocycles. The largest absolute Gasteiger partial charge is 0.349 e. The maximum absolute atomic E-state index is 12.5. The molecule has 0 saturated heterocycles. The van der Waals surface area contributed by atoms with E-state index in [4.69, 9.17) is 0 Å². The first kappa shape index (κ1) is 16.9. The molecule has 1 amide bonds. The molecule has 1 atom stereocenters. The Labute approximate surface area is 147 Å².